The fourth-order valence-electron chi connectivity index (χ4n) is 3.18. The number of ether oxygens (including phenoxy) is 1. The van der Waals surface area contributed by atoms with Gasteiger partial charge in [-0.05, 0) is 54.7 Å². The summed E-state index contributed by atoms with van der Waals surface area (Å²) in [5, 5.41) is 11.2. The Morgan fingerprint density at radius 1 is 1.21 bits per heavy atom. The highest BCUT2D eigenvalue weighted by atomic mass is 32.2. The second kappa shape index (κ2) is 8.52. The van der Waals surface area contributed by atoms with Crippen molar-refractivity contribution in [2.45, 2.75) is 31.0 Å². The molecule has 150 valence electrons. The minimum atomic E-state index is -0.464. The topological polar surface area (TPSA) is 95.1 Å². The van der Waals surface area contributed by atoms with E-state index in [-0.39, 0.29) is 24.0 Å². The number of amides is 1. The maximum atomic E-state index is 13.6. The van der Waals surface area contributed by atoms with E-state index < -0.39 is 5.82 Å². The maximum absolute atomic E-state index is 13.6. The molecule has 3 aromatic rings. The minimum Gasteiger partial charge on any atom is -0.482 e. The molecule has 4 rings (SSSR count). The molecule has 0 unspecified atom stereocenters. The Morgan fingerprint density at radius 2 is 2.03 bits per heavy atom. The molecule has 0 saturated carbocycles. The lowest BCUT2D eigenvalue weighted by Gasteiger charge is -2.08. The zero-order valence-corrected chi connectivity index (χ0v) is 16.4. The number of benzene rings is 2. The standard InChI is InChI=1S/C20H20FN5O2S/c21-16-6-1-2-7-17(16)28-11-18-24-25-20(26(18)22)29-12-19(27)23-15-9-8-13-4-3-5-14(13)10-15/h1-2,6-10H,3-5,11-12,22H2,(H,23,27). The summed E-state index contributed by atoms with van der Waals surface area (Å²) in [6, 6.07) is 12.1. The first kappa shape index (κ1) is 19.3. The molecular formula is C20H20FN5O2S. The summed E-state index contributed by atoms with van der Waals surface area (Å²) in [6.45, 7) is -0.0354. The number of aryl methyl sites for hydroxylation is 2. The summed E-state index contributed by atoms with van der Waals surface area (Å²) < 4.78 is 20.2. The molecule has 1 aliphatic carbocycles. The molecule has 0 aliphatic heterocycles. The zero-order valence-electron chi connectivity index (χ0n) is 15.6. The van der Waals surface area contributed by atoms with E-state index in [4.69, 9.17) is 10.6 Å². The van der Waals surface area contributed by atoms with Gasteiger partial charge in [-0.1, -0.05) is 30.0 Å². The molecule has 3 N–H and O–H groups in total. The van der Waals surface area contributed by atoms with Gasteiger partial charge in [-0.25, -0.2) is 9.07 Å². The third-order valence-corrected chi connectivity index (χ3v) is 5.59. The van der Waals surface area contributed by atoms with Crippen LogP contribution in [0.1, 0.15) is 23.4 Å². The average molecular weight is 413 g/mol. The third kappa shape index (κ3) is 4.51. The fraction of sp³-hybridized carbons (Fsp3) is 0.250. The van der Waals surface area contributed by atoms with Gasteiger partial charge in [0.2, 0.25) is 11.1 Å². The lowest BCUT2D eigenvalue weighted by Crippen LogP contribution is -2.18. The largest absolute Gasteiger partial charge is 0.482 e. The van der Waals surface area contributed by atoms with E-state index in [9.17, 15) is 9.18 Å². The van der Waals surface area contributed by atoms with Gasteiger partial charge in [0.05, 0.1) is 5.75 Å². The number of nitrogens with zero attached hydrogens (tertiary/aromatic N) is 3. The van der Waals surface area contributed by atoms with Gasteiger partial charge in [0.25, 0.3) is 0 Å². The Kier molecular flexibility index (Phi) is 5.66. The van der Waals surface area contributed by atoms with E-state index in [1.807, 2.05) is 12.1 Å². The molecule has 0 spiro atoms. The fourth-order valence-corrected chi connectivity index (χ4v) is 3.86. The van der Waals surface area contributed by atoms with Gasteiger partial charge in [-0.2, -0.15) is 0 Å². The molecule has 0 atom stereocenters. The molecule has 1 aromatic heterocycles. The van der Waals surface area contributed by atoms with Gasteiger partial charge in [0.15, 0.2) is 17.4 Å². The number of nitrogen functional groups attached to an aromatic ring is 1. The smallest absolute Gasteiger partial charge is 0.234 e. The first-order valence-corrected chi connectivity index (χ1v) is 10.2. The second-order valence-corrected chi connectivity index (χ2v) is 7.60. The number of anilines is 1. The number of nitrogens with one attached hydrogen (secondary N) is 1. The van der Waals surface area contributed by atoms with Crippen molar-refractivity contribution in [3.63, 3.8) is 0 Å². The molecule has 7 nitrogen and oxygen atoms in total. The molecule has 1 amide bonds. The van der Waals surface area contributed by atoms with Crippen LogP contribution in [0.4, 0.5) is 10.1 Å². The third-order valence-electron chi connectivity index (χ3n) is 4.64. The van der Waals surface area contributed by atoms with Crippen LogP contribution in [0.15, 0.2) is 47.6 Å². The van der Waals surface area contributed by atoms with Crippen molar-refractivity contribution in [3.8, 4) is 5.75 Å². The summed E-state index contributed by atoms with van der Waals surface area (Å²) in [4.78, 5) is 12.3. The Balaban J connectivity index is 1.31. The van der Waals surface area contributed by atoms with Crippen LogP contribution in [-0.4, -0.2) is 26.5 Å². The van der Waals surface area contributed by atoms with Crippen molar-refractivity contribution >= 4 is 23.4 Å². The van der Waals surface area contributed by atoms with Crippen LogP contribution in [0, 0.1) is 5.82 Å². The number of halogens is 1. The molecule has 0 bridgehead atoms. The van der Waals surface area contributed by atoms with Crippen molar-refractivity contribution in [2.24, 2.45) is 0 Å². The van der Waals surface area contributed by atoms with Crippen LogP contribution in [0.2, 0.25) is 0 Å². The second-order valence-electron chi connectivity index (χ2n) is 6.66. The summed E-state index contributed by atoms with van der Waals surface area (Å²) in [7, 11) is 0. The average Bonchev–Trinajstić information content (AvgIpc) is 3.32. The lowest BCUT2D eigenvalue weighted by molar-refractivity contribution is -0.113. The van der Waals surface area contributed by atoms with Crippen LogP contribution in [0.5, 0.6) is 5.75 Å². The van der Waals surface area contributed by atoms with Gasteiger partial charge in [0, 0.05) is 5.69 Å². The Bertz CT molecular complexity index is 1040. The molecule has 9 heteroatoms. The minimum absolute atomic E-state index is 0.0354. The van der Waals surface area contributed by atoms with Crippen molar-refractivity contribution in [3.05, 3.63) is 65.2 Å². The zero-order chi connectivity index (χ0) is 20.2. The number of hydrogen-bond donors (Lipinski definition) is 2. The number of fused-ring (bicyclic) bond motifs is 1. The van der Waals surface area contributed by atoms with Gasteiger partial charge >= 0.3 is 0 Å². The molecule has 1 heterocycles. The Hall–Kier alpha value is -3.07. The summed E-state index contributed by atoms with van der Waals surface area (Å²) in [5.74, 6) is 5.93. The van der Waals surface area contributed by atoms with E-state index in [0.717, 1.165) is 24.9 Å². The predicted octanol–water partition coefficient (Wildman–Crippen LogP) is 2.93. The van der Waals surface area contributed by atoms with Gasteiger partial charge in [-0.3, -0.25) is 4.79 Å². The van der Waals surface area contributed by atoms with Crippen molar-refractivity contribution in [2.75, 3.05) is 16.9 Å². The lowest BCUT2D eigenvalue weighted by atomic mass is 10.1. The summed E-state index contributed by atoms with van der Waals surface area (Å²) in [6.07, 6.45) is 3.33. The SMILES string of the molecule is Nn1c(COc2ccccc2F)nnc1SCC(=O)Nc1ccc2c(c1)CCC2. The van der Waals surface area contributed by atoms with Crippen LogP contribution in [0.25, 0.3) is 0 Å². The number of aromatic nitrogens is 3. The highest BCUT2D eigenvalue weighted by Gasteiger charge is 2.15. The molecule has 29 heavy (non-hydrogen) atoms. The Labute approximate surface area is 171 Å². The number of nitrogens with two attached hydrogens (primary N) is 1. The quantitative estimate of drug-likeness (QED) is 0.457. The van der Waals surface area contributed by atoms with Crippen LogP contribution in [-0.2, 0) is 24.2 Å². The highest BCUT2D eigenvalue weighted by Crippen LogP contribution is 2.25. The first-order chi connectivity index (χ1) is 14.1. The monoisotopic (exact) mass is 413 g/mol. The first-order valence-electron chi connectivity index (χ1n) is 9.21. The summed E-state index contributed by atoms with van der Waals surface area (Å²) in [5.41, 5.74) is 3.46. The molecule has 0 fully saturated rings. The number of hydrogen-bond acceptors (Lipinski definition) is 6. The van der Waals surface area contributed by atoms with Crippen LogP contribution < -0.4 is 15.9 Å². The van der Waals surface area contributed by atoms with Gasteiger partial charge in [0.1, 0.15) is 6.61 Å². The van der Waals surface area contributed by atoms with Crippen molar-refractivity contribution in [1.82, 2.24) is 14.9 Å². The predicted molar refractivity (Wildman–Crippen MR) is 109 cm³/mol. The normalized spacial score (nSPS) is 12.6. The molecule has 0 saturated heterocycles. The molecule has 1 aliphatic rings. The van der Waals surface area contributed by atoms with E-state index in [1.165, 1.54) is 39.7 Å². The van der Waals surface area contributed by atoms with Crippen LogP contribution >= 0.6 is 11.8 Å². The Morgan fingerprint density at radius 3 is 2.90 bits per heavy atom. The number of carbonyl (C=O) groups excluding carboxylic acids is 1. The van der Waals surface area contributed by atoms with E-state index >= 15 is 0 Å². The number of rotatable bonds is 7. The summed E-state index contributed by atoms with van der Waals surface area (Å²) >= 11 is 1.17. The number of thioether (sulfide) groups is 1. The molecular weight excluding hydrogens is 393 g/mol. The van der Waals surface area contributed by atoms with Gasteiger partial charge < -0.3 is 15.9 Å². The van der Waals surface area contributed by atoms with E-state index in [0.29, 0.717) is 11.0 Å². The van der Waals surface area contributed by atoms with E-state index in [1.54, 1.807) is 12.1 Å². The van der Waals surface area contributed by atoms with Crippen LogP contribution in [0.3, 0.4) is 0 Å². The number of para-hydroxylation sites is 1. The molecule has 2 aromatic carbocycles. The van der Waals surface area contributed by atoms with Gasteiger partial charge in [-0.15, -0.1) is 10.2 Å². The highest BCUT2D eigenvalue weighted by molar-refractivity contribution is 7.99. The maximum Gasteiger partial charge on any atom is 0.234 e. The van der Waals surface area contributed by atoms with Crippen molar-refractivity contribution < 1.29 is 13.9 Å². The van der Waals surface area contributed by atoms with E-state index in [2.05, 4.69) is 21.6 Å². The number of carbonyl (C=O) groups is 1. The van der Waals surface area contributed by atoms with Crippen molar-refractivity contribution in [1.29, 1.82) is 0 Å². The molecule has 0 radical (unpaired) electrons.